The van der Waals surface area contributed by atoms with Crippen molar-refractivity contribution in [1.82, 2.24) is 10.2 Å². The van der Waals surface area contributed by atoms with Crippen molar-refractivity contribution in [3.05, 3.63) is 41.9 Å². The van der Waals surface area contributed by atoms with Crippen molar-refractivity contribution >= 4 is 23.4 Å². The Hall–Kier alpha value is -2.15. The van der Waals surface area contributed by atoms with Gasteiger partial charge in [-0.3, -0.25) is 9.59 Å². The number of rotatable bonds is 5. The molecule has 0 aromatic heterocycles. The number of ether oxygens (including phenoxy) is 1. The molecule has 0 spiro atoms. The van der Waals surface area contributed by atoms with Gasteiger partial charge in [-0.15, -0.1) is 0 Å². The molecule has 2 amide bonds. The Morgan fingerprint density at radius 2 is 2.00 bits per heavy atom. The second-order valence-electron chi connectivity index (χ2n) is 6.59. The molecule has 2 rings (SSSR count). The van der Waals surface area contributed by atoms with E-state index in [-0.39, 0.29) is 13.1 Å². The molecule has 1 aromatic rings. The average molecular weight is 387 g/mol. The van der Waals surface area contributed by atoms with E-state index in [1.165, 1.54) is 18.7 Å². The van der Waals surface area contributed by atoms with E-state index in [2.05, 4.69) is 11.9 Å². The molecular formula is C18H21ClF2N2O3. The summed E-state index contributed by atoms with van der Waals surface area (Å²) in [4.78, 5) is 25.4. The Morgan fingerprint density at radius 1 is 1.38 bits per heavy atom. The summed E-state index contributed by atoms with van der Waals surface area (Å²) in [5, 5.41) is 2.83. The van der Waals surface area contributed by atoms with Gasteiger partial charge in [0.25, 0.3) is 11.8 Å². The molecule has 1 atom stereocenters. The van der Waals surface area contributed by atoms with Crippen molar-refractivity contribution in [3.63, 3.8) is 0 Å². The summed E-state index contributed by atoms with van der Waals surface area (Å²) >= 11 is 5.80. The third-order valence-corrected chi connectivity index (χ3v) is 4.40. The van der Waals surface area contributed by atoms with Gasteiger partial charge in [-0.2, -0.15) is 0 Å². The number of piperidine rings is 1. The Morgan fingerprint density at radius 3 is 2.58 bits per heavy atom. The number of carbonyl (C=O) groups is 2. The fraction of sp³-hybridized carbons (Fsp3) is 0.444. The van der Waals surface area contributed by atoms with Crippen LogP contribution in [0.4, 0.5) is 8.78 Å². The monoisotopic (exact) mass is 386 g/mol. The van der Waals surface area contributed by atoms with Crippen LogP contribution in [0.1, 0.15) is 20.3 Å². The molecule has 0 bridgehead atoms. The molecule has 0 unspecified atom stereocenters. The predicted molar refractivity (Wildman–Crippen MR) is 94.4 cm³/mol. The number of likely N-dealkylation sites (tertiary alicyclic amines) is 1. The maximum atomic E-state index is 14.2. The van der Waals surface area contributed by atoms with Crippen LogP contribution in [0.15, 0.2) is 36.9 Å². The van der Waals surface area contributed by atoms with Crippen molar-refractivity contribution in [3.8, 4) is 5.75 Å². The highest BCUT2D eigenvalue weighted by atomic mass is 35.5. The van der Waals surface area contributed by atoms with Crippen molar-refractivity contribution in [2.45, 2.75) is 37.8 Å². The van der Waals surface area contributed by atoms with Crippen LogP contribution in [0, 0.1) is 0 Å². The lowest BCUT2D eigenvalue weighted by Gasteiger charge is -2.39. The van der Waals surface area contributed by atoms with Gasteiger partial charge in [0, 0.05) is 24.5 Å². The third-order valence-electron chi connectivity index (χ3n) is 4.15. The number of nitrogens with zero attached hydrogens (tertiary/aromatic N) is 1. The van der Waals surface area contributed by atoms with Gasteiger partial charge < -0.3 is 15.0 Å². The van der Waals surface area contributed by atoms with Crippen LogP contribution in [0.2, 0.25) is 5.02 Å². The first-order valence-electron chi connectivity index (χ1n) is 8.10. The van der Waals surface area contributed by atoms with Gasteiger partial charge in [0.15, 0.2) is 5.60 Å². The molecular weight excluding hydrogens is 366 g/mol. The Labute approximate surface area is 155 Å². The van der Waals surface area contributed by atoms with Gasteiger partial charge in [-0.1, -0.05) is 18.2 Å². The molecule has 5 nitrogen and oxygen atoms in total. The molecule has 0 radical (unpaired) electrons. The van der Waals surface area contributed by atoms with E-state index in [1.807, 2.05) is 0 Å². The minimum Gasteiger partial charge on any atom is -0.478 e. The number of amides is 2. The number of carbonyl (C=O) groups excluding carboxylic acids is 2. The van der Waals surface area contributed by atoms with Crippen LogP contribution in [0.25, 0.3) is 0 Å². The van der Waals surface area contributed by atoms with Crippen LogP contribution < -0.4 is 10.1 Å². The molecule has 1 aromatic carbocycles. The average Bonchev–Trinajstić information content (AvgIpc) is 2.57. The summed E-state index contributed by atoms with van der Waals surface area (Å²) < 4.78 is 34.0. The first-order valence-corrected chi connectivity index (χ1v) is 8.47. The topological polar surface area (TPSA) is 58.6 Å². The van der Waals surface area contributed by atoms with Crippen molar-refractivity contribution in [2.75, 3.05) is 13.1 Å². The van der Waals surface area contributed by atoms with Crippen molar-refractivity contribution in [1.29, 1.82) is 0 Å². The maximum Gasteiger partial charge on any atom is 0.271 e. The summed E-state index contributed by atoms with van der Waals surface area (Å²) in [5.41, 5.74) is -1.39. The minimum absolute atomic E-state index is 0.0884. The molecule has 1 aliphatic rings. The van der Waals surface area contributed by atoms with E-state index < -0.39 is 35.8 Å². The highest BCUT2D eigenvalue weighted by Crippen LogP contribution is 2.29. The van der Waals surface area contributed by atoms with E-state index >= 15 is 0 Å². The number of halogens is 3. The summed E-state index contributed by atoms with van der Waals surface area (Å²) in [6.07, 6.45) is 0.534. The van der Waals surface area contributed by atoms with E-state index in [0.717, 1.165) is 6.08 Å². The maximum absolute atomic E-state index is 14.2. The number of hydrogen-bond donors (Lipinski definition) is 1. The third kappa shape index (κ3) is 4.72. The van der Waals surface area contributed by atoms with Crippen LogP contribution in [-0.4, -0.2) is 47.4 Å². The fourth-order valence-corrected chi connectivity index (χ4v) is 2.69. The quantitative estimate of drug-likeness (QED) is 0.791. The number of nitrogens with one attached hydrogen (secondary N) is 1. The summed E-state index contributed by atoms with van der Waals surface area (Å²) in [5.74, 6) is -3.89. The molecule has 142 valence electrons. The Bertz CT molecular complexity index is 692. The van der Waals surface area contributed by atoms with E-state index in [0.29, 0.717) is 10.8 Å². The fourth-order valence-electron chi connectivity index (χ4n) is 2.56. The Kier molecular flexibility index (Phi) is 5.91. The summed E-state index contributed by atoms with van der Waals surface area (Å²) in [7, 11) is 0. The smallest absolute Gasteiger partial charge is 0.271 e. The molecule has 8 heteroatoms. The lowest BCUT2D eigenvalue weighted by molar-refractivity contribution is -0.147. The zero-order valence-electron chi connectivity index (χ0n) is 14.6. The van der Waals surface area contributed by atoms with Crippen molar-refractivity contribution in [2.24, 2.45) is 0 Å². The first-order chi connectivity index (χ1) is 12.0. The number of alkyl halides is 2. The van der Waals surface area contributed by atoms with Gasteiger partial charge in [0.05, 0.1) is 0 Å². The van der Waals surface area contributed by atoms with Crippen LogP contribution in [0.5, 0.6) is 5.75 Å². The summed E-state index contributed by atoms with van der Waals surface area (Å²) in [6.45, 7) is 5.93. The standard InChI is InChI=1S/C18H21ClF2N2O3/c1-4-15(24)23-10-9-18(20,21)14(11-23)22-16(25)17(2,3)26-13-7-5-12(19)6-8-13/h4-8,14H,1,9-11H2,2-3H3,(H,22,25)/t14-/m1/s1. The number of hydrogen-bond acceptors (Lipinski definition) is 3. The second-order valence-corrected chi connectivity index (χ2v) is 7.03. The van der Waals surface area contributed by atoms with Crippen LogP contribution in [0.3, 0.4) is 0 Å². The van der Waals surface area contributed by atoms with Gasteiger partial charge in [0.1, 0.15) is 11.8 Å². The van der Waals surface area contributed by atoms with E-state index in [9.17, 15) is 18.4 Å². The molecule has 1 N–H and O–H groups in total. The lowest BCUT2D eigenvalue weighted by Crippen LogP contribution is -2.62. The van der Waals surface area contributed by atoms with Crippen LogP contribution in [-0.2, 0) is 9.59 Å². The van der Waals surface area contributed by atoms with Gasteiger partial charge >= 0.3 is 0 Å². The number of benzene rings is 1. The summed E-state index contributed by atoms with van der Waals surface area (Å²) in [6, 6.07) is 4.85. The lowest BCUT2D eigenvalue weighted by atomic mass is 9.99. The highest BCUT2D eigenvalue weighted by molar-refractivity contribution is 6.30. The molecule has 0 saturated carbocycles. The zero-order chi connectivity index (χ0) is 19.5. The van der Waals surface area contributed by atoms with Gasteiger partial charge in [-0.05, 0) is 44.2 Å². The van der Waals surface area contributed by atoms with Gasteiger partial charge in [0.2, 0.25) is 5.91 Å². The Balaban J connectivity index is 2.08. The van der Waals surface area contributed by atoms with E-state index in [4.69, 9.17) is 16.3 Å². The molecule has 1 aliphatic heterocycles. The second kappa shape index (κ2) is 7.61. The SMILES string of the molecule is C=CC(=O)N1CCC(F)(F)[C@H](NC(=O)C(C)(C)Oc2ccc(Cl)cc2)C1. The predicted octanol–water partition coefficient (Wildman–Crippen LogP) is 3.04. The first kappa shape index (κ1) is 20.2. The highest BCUT2D eigenvalue weighted by Gasteiger charge is 2.47. The molecule has 1 fully saturated rings. The van der Waals surface area contributed by atoms with Gasteiger partial charge in [-0.25, -0.2) is 8.78 Å². The van der Waals surface area contributed by atoms with Crippen LogP contribution >= 0.6 is 11.6 Å². The van der Waals surface area contributed by atoms with E-state index in [1.54, 1.807) is 24.3 Å². The molecule has 1 heterocycles. The molecule has 26 heavy (non-hydrogen) atoms. The molecule has 1 saturated heterocycles. The molecule has 0 aliphatic carbocycles. The normalized spacial score (nSPS) is 19.6. The largest absolute Gasteiger partial charge is 0.478 e. The van der Waals surface area contributed by atoms with Crippen molar-refractivity contribution < 1.29 is 23.1 Å². The minimum atomic E-state index is -3.12. The zero-order valence-corrected chi connectivity index (χ0v) is 15.4.